The molecule has 0 saturated heterocycles. The largest absolute Gasteiger partial charge is 0.269 e. The van der Waals surface area contributed by atoms with Gasteiger partial charge in [0.1, 0.15) is 5.69 Å². The molecule has 0 atom stereocenters. The number of anilines is 1. The predicted octanol–water partition coefficient (Wildman–Crippen LogP) is 1.82. The van der Waals surface area contributed by atoms with Crippen LogP contribution >= 0.6 is 23.2 Å². The van der Waals surface area contributed by atoms with Crippen LogP contribution in [0, 0.1) is 0 Å². The molecule has 0 aliphatic carbocycles. The van der Waals surface area contributed by atoms with Crippen molar-refractivity contribution in [1.29, 1.82) is 0 Å². The summed E-state index contributed by atoms with van der Waals surface area (Å²) in [6.45, 7) is 0. The first-order chi connectivity index (χ1) is 6.32. The zero-order chi connectivity index (χ0) is 10.9. The number of rotatable bonds is 2. The van der Waals surface area contributed by atoms with Gasteiger partial charge in [0.15, 0.2) is 5.15 Å². The topological polar surface area (TPSA) is 63.2 Å². The van der Waals surface area contributed by atoms with Gasteiger partial charge in [-0.15, -0.1) is 0 Å². The highest BCUT2D eigenvalue weighted by Gasteiger charge is 2.16. The van der Waals surface area contributed by atoms with E-state index in [9.17, 15) is 8.42 Å². The van der Waals surface area contributed by atoms with Crippen LogP contribution in [0.15, 0.2) is 6.20 Å². The van der Waals surface area contributed by atoms with Crippen molar-refractivity contribution in [3.05, 3.63) is 16.6 Å². The molecule has 5 nitrogen and oxygen atoms in total. The van der Waals surface area contributed by atoms with Gasteiger partial charge in [-0.3, -0.25) is 4.31 Å². The van der Waals surface area contributed by atoms with Crippen LogP contribution in [0.25, 0.3) is 0 Å². The fraction of sp³-hybridized carbons (Fsp3) is 0.429. The van der Waals surface area contributed by atoms with Crippen molar-refractivity contribution >= 4 is 38.9 Å². The van der Waals surface area contributed by atoms with Crippen LogP contribution in [-0.2, 0) is 10.0 Å². The number of aromatic nitrogens is 2. The molecule has 0 aliphatic heterocycles. The van der Waals surface area contributed by atoms with E-state index in [0.29, 0.717) is 0 Å². The molecule has 0 aromatic carbocycles. The lowest BCUT2D eigenvalue weighted by Gasteiger charge is -2.16. The summed E-state index contributed by atoms with van der Waals surface area (Å²) in [6, 6.07) is 0. The number of sulfonamides is 1. The van der Waals surface area contributed by atoms with E-state index in [1.165, 1.54) is 13.2 Å². The SMILES string of the molecule is C.CN(c1cnc(Cl)nc1Cl)S(C)(=O)=O. The summed E-state index contributed by atoms with van der Waals surface area (Å²) in [5.41, 5.74) is 0.193. The van der Waals surface area contributed by atoms with Gasteiger partial charge in [-0.05, 0) is 11.6 Å². The van der Waals surface area contributed by atoms with Crippen molar-refractivity contribution in [2.75, 3.05) is 17.6 Å². The highest BCUT2D eigenvalue weighted by atomic mass is 35.5. The highest BCUT2D eigenvalue weighted by molar-refractivity contribution is 7.92. The lowest BCUT2D eigenvalue weighted by Crippen LogP contribution is -2.25. The van der Waals surface area contributed by atoms with Crippen LogP contribution in [0.5, 0.6) is 0 Å². The Morgan fingerprint density at radius 3 is 2.33 bits per heavy atom. The molecule has 15 heavy (non-hydrogen) atoms. The van der Waals surface area contributed by atoms with Crippen LogP contribution in [0.2, 0.25) is 10.4 Å². The first-order valence-electron chi connectivity index (χ1n) is 3.44. The second-order valence-electron chi connectivity index (χ2n) is 2.55. The summed E-state index contributed by atoms with van der Waals surface area (Å²) in [5.74, 6) is 0. The van der Waals surface area contributed by atoms with Gasteiger partial charge in [-0.2, -0.15) is 0 Å². The van der Waals surface area contributed by atoms with E-state index in [-0.39, 0.29) is 23.6 Å². The predicted molar refractivity (Wildman–Crippen MR) is 62.0 cm³/mol. The summed E-state index contributed by atoms with van der Waals surface area (Å²) < 4.78 is 23.3. The van der Waals surface area contributed by atoms with Crippen LogP contribution in [0.4, 0.5) is 5.69 Å². The van der Waals surface area contributed by atoms with E-state index in [2.05, 4.69) is 9.97 Å². The first-order valence-corrected chi connectivity index (χ1v) is 6.04. The maximum Gasteiger partial charge on any atom is 0.232 e. The monoisotopic (exact) mass is 271 g/mol. The smallest absolute Gasteiger partial charge is 0.232 e. The Morgan fingerprint density at radius 1 is 1.40 bits per heavy atom. The third kappa shape index (κ3) is 3.48. The third-order valence-electron chi connectivity index (χ3n) is 1.53. The lowest BCUT2D eigenvalue weighted by atomic mass is 10.5. The van der Waals surface area contributed by atoms with Gasteiger partial charge >= 0.3 is 0 Å². The maximum atomic E-state index is 11.1. The van der Waals surface area contributed by atoms with E-state index in [4.69, 9.17) is 23.2 Å². The molecule has 1 aromatic heterocycles. The van der Waals surface area contributed by atoms with Crippen molar-refractivity contribution in [1.82, 2.24) is 9.97 Å². The quantitative estimate of drug-likeness (QED) is 0.608. The number of halogens is 2. The molecule has 0 N–H and O–H groups in total. The van der Waals surface area contributed by atoms with Crippen molar-refractivity contribution in [2.24, 2.45) is 0 Å². The average Bonchev–Trinajstić information content (AvgIpc) is 2.01. The molecule has 0 aliphatic rings. The minimum atomic E-state index is -3.37. The molecule has 1 heterocycles. The van der Waals surface area contributed by atoms with Crippen LogP contribution in [0.1, 0.15) is 7.43 Å². The van der Waals surface area contributed by atoms with Crippen LogP contribution < -0.4 is 4.31 Å². The molecule has 8 heteroatoms. The van der Waals surface area contributed by atoms with Gasteiger partial charge in [0.25, 0.3) is 0 Å². The van der Waals surface area contributed by atoms with E-state index in [0.717, 1.165) is 10.6 Å². The molecule has 0 bridgehead atoms. The van der Waals surface area contributed by atoms with Crippen molar-refractivity contribution in [3.63, 3.8) is 0 Å². The Morgan fingerprint density at radius 2 is 1.93 bits per heavy atom. The Labute approximate surface area is 99.1 Å². The van der Waals surface area contributed by atoms with Crippen LogP contribution in [0.3, 0.4) is 0 Å². The summed E-state index contributed by atoms with van der Waals surface area (Å²) in [6.07, 6.45) is 2.30. The van der Waals surface area contributed by atoms with Crippen molar-refractivity contribution in [2.45, 2.75) is 7.43 Å². The fourth-order valence-electron chi connectivity index (χ4n) is 0.725. The molecule has 0 amide bonds. The summed E-state index contributed by atoms with van der Waals surface area (Å²) >= 11 is 11.2. The van der Waals surface area contributed by atoms with E-state index in [1.807, 2.05) is 0 Å². The molecule has 86 valence electrons. The lowest BCUT2D eigenvalue weighted by molar-refractivity contribution is 0.600. The molecule has 0 spiro atoms. The zero-order valence-electron chi connectivity index (χ0n) is 7.40. The number of hydrogen-bond acceptors (Lipinski definition) is 4. The summed E-state index contributed by atoms with van der Waals surface area (Å²) in [4.78, 5) is 7.26. The second kappa shape index (κ2) is 4.96. The Kier molecular flexibility index (Phi) is 4.76. The molecule has 0 fully saturated rings. The summed E-state index contributed by atoms with van der Waals surface area (Å²) in [5, 5.41) is -0.0291. The fourth-order valence-corrected chi connectivity index (χ4v) is 1.70. The van der Waals surface area contributed by atoms with Gasteiger partial charge in [0.2, 0.25) is 15.3 Å². The first kappa shape index (κ1) is 14.4. The van der Waals surface area contributed by atoms with Gasteiger partial charge in [-0.25, -0.2) is 18.4 Å². The molecule has 0 saturated carbocycles. The van der Waals surface area contributed by atoms with Gasteiger partial charge in [0.05, 0.1) is 12.5 Å². The molecule has 1 rings (SSSR count). The van der Waals surface area contributed by atoms with Gasteiger partial charge in [-0.1, -0.05) is 19.0 Å². The number of hydrogen-bond donors (Lipinski definition) is 0. The minimum Gasteiger partial charge on any atom is -0.269 e. The standard InChI is InChI=1S/C6H7Cl2N3O2S.CH4/c1-11(14(2,12)13)4-3-9-6(8)10-5(4)7;/h3H,1-2H3;1H4. The minimum absolute atomic E-state index is 0. The average molecular weight is 272 g/mol. The highest BCUT2D eigenvalue weighted by Crippen LogP contribution is 2.24. The van der Waals surface area contributed by atoms with E-state index < -0.39 is 10.0 Å². The van der Waals surface area contributed by atoms with Crippen LogP contribution in [-0.4, -0.2) is 31.7 Å². The Hall–Kier alpha value is -0.590. The third-order valence-corrected chi connectivity index (χ3v) is 3.18. The number of nitrogens with zero attached hydrogens (tertiary/aromatic N) is 3. The van der Waals surface area contributed by atoms with Crippen molar-refractivity contribution in [3.8, 4) is 0 Å². The molecule has 0 radical (unpaired) electrons. The zero-order valence-corrected chi connectivity index (χ0v) is 9.73. The summed E-state index contributed by atoms with van der Waals surface area (Å²) in [7, 11) is -2.01. The van der Waals surface area contributed by atoms with Gasteiger partial charge < -0.3 is 0 Å². The molecule has 1 aromatic rings. The van der Waals surface area contributed by atoms with E-state index >= 15 is 0 Å². The Bertz CT molecular complexity index is 450. The van der Waals surface area contributed by atoms with E-state index in [1.54, 1.807) is 0 Å². The molecule has 0 unspecified atom stereocenters. The molecular weight excluding hydrogens is 261 g/mol. The molecular formula is C7H11Cl2N3O2S. The van der Waals surface area contributed by atoms with Crippen molar-refractivity contribution < 1.29 is 8.42 Å². The normalized spacial score (nSPS) is 10.7. The Balaban J connectivity index is 0.00000196. The maximum absolute atomic E-state index is 11.1. The second-order valence-corrected chi connectivity index (χ2v) is 5.26. The van der Waals surface area contributed by atoms with Gasteiger partial charge in [0, 0.05) is 7.05 Å².